The van der Waals surface area contributed by atoms with E-state index in [1.165, 1.54) is 6.07 Å². The van der Waals surface area contributed by atoms with Crippen molar-refractivity contribution in [2.45, 2.75) is 6.42 Å². The summed E-state index contributed by atoms with van der Waals surface area (Å²) in [7, 11) is 0. The van der Waals surface area contributed by atoms with Crippen molar-refractivity contribution in [3.8, 4) is 0 Å². The zero-order valence-corrected chi connectivity index (χ0v) is 8.65. The molecule has 0 nitrogen and oxygen atoms in total. The normalized spacial score (nSPS) is 11.0. The molecule has 0 aromatic heterocycles. The van der Waals surface area contributed by atoms with E-state index in [1.54, 1.807) is 18.2 Å². The van der Waals surface area contributed by atoms with Gasteiger partial charge in [-0.3, -0.25) is 0 Å². The quantitative estimate of drug-likeness (QED) is 0.730. The monoisotopic (exact) mass is 216 g/mol. The molecule has 1 aromatic rings. The summed E-state index contributed by atoms with van der Waals surface area (Å²) in [5.41, 5.74) is 0.522. The van der Waals surface area contributed by atoms with Crippen molar-refractivity contribution >= 4 is 30.3 Å². The van der Waals surface area contributed by atoms with E-state index in [2.05, 4.69) is 12.6 Å². The molecular formula is C10H10ClFS. The predicted molar refractivity (Wildman–Crippen MR) is 58.9 cm³/mol. The second-order valence-electron chi connectivity index (χ2n) is 2.56. The van der Waals surface area contributed by atoms with Crippen molar-refractivity contribution in [1.29, 1.82) is 0 Å². The van der Waals surface area contributed by atoms with Crippen LogP contribution in [0.4, 0.5) is 4.39 Å². The first-order valence-corrected chi connectivity index (χ1v) is 4.98. The molecule has 0 unspecified atom stereocenters. The summed E-state index contributed by atoms with van der Waals surface area (Å²) in [4.78, 5) is 0. The lowest BCUT2D eigenvalue weighted by Crippen LogP contribution is -1.82. The second-order valence-corrected chi connectivity index (χ2v) is 3.41. The highest BCUT2D eigenvalue weighted by Crippen LogP contribution is 2.18. The predicted octanol–water partition coefficient (Wildman–Crippen LogP) is 3.81. The molecule has 0 radical (unpaired) electrons. The van der Waals surface area contributed by atoms with Gasteiger partial charge in [-0.2, -0.15) is 12.6 Å². The average molecular weight is 217 g/mol. The molecular weight excluding hydrogens is 207 g/mol. The lowest BCUT2D eigenvalue weighted by molar-refractivity contribution is 0.625. The molecule has 0 bridgehead atoms. The lowest BCUT2D eigenvalue weighted by Gasteiger charge is -1.97. The van der Waals surface area contributed by atoms with Gasteiger partial charge >= 0.3 is 0 Å². The Labute approximate surface area is 87.8 Å². The highest BCUT2D eigenvalue weighted by Gasteiger charge is 2.01. The van der Waals surface area contributed by atoms with Crippen LogP contribution in [-0.2, 0) is 0 Å². The smallest absolute Gasteiger partial charge is 0.148 e. The molecule has 0 spiro atoms. The molecule has 0 amide bonds. The Morgan fingerprint density at radius 2 is 2.23 bits per heavy atom. The summed E-state index contributed by atoms with van der Waals surface area (Å²) in [5.74, 6) is 0.401. The van der Waals surface area contributed by atoms with E-state index in [0.29, 0.717) is 5.56 Å². The standard InChI is InChI=1S/C10H10ClFS/c11-9-6-3-5-8(10(9)12)4-1-2-7-13/h1,3-6,13H,2,7H2. The highest BCUT2D eigenvalue weighted by molar-refractivity contribution is 7.80. The van der Waals surface area contributed by atoms with Gasteiger partial charge < -0.3 is 0 Å². The lowest BCUT2D eigenvalue weighted by atomic mass is 10.2. The first kappa shape index (κ1) is 10.6. The van der Waals surface area contributed by atoms with Gasteiger partial charge in [0.1, 0.15) is 5.82 Å². The Kier molecular flexibility index (Phi) is 4.33. The Morgan fingerprint density at radius 3 is 2.92 bits per heavy atom. The molecule has 0 N–H and O–H groups in total. The summed E-state index contributed by atoms with van der Waals surface area (Å²) in [6, 6.07) is 4.95. The first-order chi connectivity index (χ1) is 6.25. The summed E-state index contributed by atoms with van der Waals surface area (Å²) >= 11 is 9.64. The van der Waals surface area contributed by atoms with Gasteiger partial charge in [0.2, 0.25) is 0 Å². The number of rotatable bonds is 3. The fourth-order valence-corrected chi connectivity index (χ4v) is 1.26. The number of benzene rings is 1. The highest BCUT2D eigenvalue weighted by atomic mass is 35.5. The molecule has 70 valence electrons. The van der Waals surface area contributed by atoms with Crippen LogP contribution in [0.5, 0.6) is 0 Å². The molecule has 1 rings (SSSR count). The van der Waals surface area contributed by atoms with Crippen LogP contribution in [0.25, 0.3) is 6.08 Å². The minimum absolute atomic E-state index is 0.160. The van der Waals surface area contributed by atoms with Gasteiger partial charge in [-0.1, -0.05) is 35.9 Å². The van der Waals surface area contributed by atoms with Crippen LogP contribution in [-0.4, -0.2) is 5.75 Å². The van der Waals surface area contributed by atoms with Gasteiger partial charge in [0.25, 0.3) is 0 Å². The maximum Gasteiger partial charge on any atom is 0.148 e. The largest absolute Gasteiger partial charge is 0.205 e. The maximum absolute atomic E-state index is 13.2. The molecule has 0 fully saturated rings. The van der Waals surface area contributed by atoms with Crippen molar-refractivity contribution in [1.82, 2.24) is 0 Å². The Balaban J connectivity index is 2.83. The van der Waals surface area contributed by atoms with Crippen LogP contribution in [0, 0.1) is 5.82 Å². The summed E-state index contributed by atoms with van der Waals surface area (Å²) in [6.07, 6.45) is 4.42. The summed E-state index contributed by atoms with van der Waals surface area (Å²) in [5, 5.41) is 0.160. The fourth-order valence-electron chi connectivity index (χ4n) is 0.934. The van der Waals surface area contributed by atoms with E-state index in [9.17, 15) is 4.39 Å². The maximum atomic E-state index is 13.2. The Hall–Kier alpha value is -0.470. The number of halogens is 2. The average Bonchev–Trinajstić information content (AvgIpc) is 2.13. The van der Waals surface area contributed by atoms with E-state index >= 15 is 0 Å². The minimum Gasteiger partial charge on any atom is -0.205 e. The van der Waals surface area contributed by atoms with E-state index < -0.39 is 0 Å². The zero-order chi connectivity index (χ0) is 9.68. The van der Waals surface area contributed by atoms with Crippen molar-refractivity contribution in [2.75, 3.05) is 5.75 Å². The molecule has 3 heteroatoms. The molecule has 0 aliphatic carbocycles. The van der Waals surface area contributed by atoms with Crippen LogP contribution in [0.15, 0.2) is 24.3 Å². The molecule has 0 heterocycles. The molecule has 0 atom stereocenters. The van der Waals surface area contributed by atoms with E-state index in [-0.39, 0.29) is 10.8 Å². The molecule has 13 heavy (non-hydrogen) atoms. The number of hydrogen-bond donors (Lipinski definition) is 1. The zero-order valence-electron chi connectivity index (χ0n) is 7.00. The van der Waals surface area contributed by atoms with Crippen LogP contribution < -0.4 is 0 Å². The van der Waals surface area contributed by atoms with Gasteiger partial charge in [-0.15, -0.1) is 0 Å². The topological polar surface area (TPSA) is 0 Å². The molecule has 0 aliphatic heterocycles. The summed E-state index contributed by atoms with van der Waals surface area (Å²) in [6.45, 7) is 0. The number of hydrogen-bond acceptors (Lipinski definition) is 1. The SMILES string of the molecule is Fc1c(Cl)cccc1C=CCCS. The van der Waals surface area contributed by atoms with Crippen molar-refractivity contribution < 1.29 is 4.39 Å². The van der Waals surface area contributed by atoms with E-state index in [0.717, 1.165) is 12.2 Å². The first-order valence-electron chi connectivity index (χ1n) is 3.97. The van der Waals surface area contributed by atoms with E-state index in [1.807, 2.05) is 6.08 Å². The van der Waals surface area contributed by atoms with Crippen LogP contribution in [0.1, 0.15) is 12.0 Å². The Morgan fingerprint density at radius 1 is 1.46 bits per heavy atom. The molecule has 1 aromatic carbocycles. The third-order valence-electron chi connectivity index (χ3n) is 1.57. The van der Waals surface area contributed by atoms with Crippen molar-refractivity contribution in [3.63, 3.8) is 0 Å². The van der Waals surface area contributed by atoms with Crippen LogP contribution in [0.2, 0.25) is 5.02 Å². The Bertz CT molecular complexity index is 310. The van der Waals surface area contributed by atoms with Crippen LogP contribution >= 0.6 is 24.2 Å². The van der Waals surface area contributed by atoms with Crippen molar-refractivity contribution in [3.05, 3.63) is 40.7 Å². The van der Waals surface area contributed by atoms with Gasteiger partial charge in [-0.05, 0) is 18.2 Å². The molecule has 0 saturated heterocycles. The molecule has 0 aliphatic rings. The van der Waals surface area contributed by atoms with Gasteiger partial charge in [0.05, 0.1) is 5.02 Å². The van der Waals surface area contributed by atoms with E-state index in [4.69, 9.17) is 11.6 Å². The second kappa shape index (κ2) is 5.30. The van der Waals surface area contributed by atoms with Gasteiger partial charge in [-0.25, -0.2) is 4.39 Å². The third kappa shape index (κ3) is 3.05. The van der Waals surface area contributed by atoms with Gasteiger partial charge in [0.15, 0.2) is 0 Å². The van der Waals surface area contributed by atoms with Crippen LogP contribution in [0.3, 0.4) is 0 Å². The number of thiol groups is 1. The minimum atomic E-state index is -0.361. The number of allylic oxidation sites excluding steroid dienone is 1. The van der Waals surface area contributed by atoms with Crippen molar-refractivity contribution in [2.24, 2.45) is 0 Å². The van der Waals surface area contributed by atoms with Gasteiger partial charge in [0, 0.05) is 5.56 Å². The molecule has 0 saturated carbocycles. The third-order valence-corrected chi connectivity index (χ3v) is 2.12. The fraction of sp³-hybridized carbons (Fsp3) is 0.200. The summed E-state index contributed by atoms with van der Waals surface area (Å²) < 4.78 is 13.2.